The van der Waals surface area contributed by atoms with Crippen molar-refractivity contribution in [2.45, 2.75) is 33.2 Å². The van der Waals surface area contributed by atoms with Crippen molar-refractivity contribution in [3.05, 3.63) is 34.1 Å². The summed E-state index contributed by atoms with van der Waals surface area (Å²) in [6, 6.07) is 5.72. The molecule has 0 atom stereocenters. The van der Waals surface area contributed by atoms with Gasteiger partial charge >= 0.3 is 0 Å². The van der Waals surface area contributed by atoms with Crippen LogP contribution in [0, 0.1) is 25.2 Å². The first-order valence-electron chi connectivity index (χ1n) is 6.48. The molecule has 6 nitrogen and oxygen atoms in total. The van der Waals surface area contributed by atoms with Crippen molar-refractivity contribution in [3.63, 3.8) is 0 Å². The Morgan fingerprint density at radius 2 is 2.15 bits per heavy atom. The van der Waals surface area contributed by atoms with E-state index < -0.39 is 0 Å². The van der Waals surface area contributed by atoms with Gasteiger partial charge in [0.2, 0.25) is 0 Å². The molecule has 0 bridgehead atoms. The summed E-state index contributed by atoms with van der Waals surface area (Å²) in [6.45, 7) is 4.18. The van der Waals surface area contributed by atoms with Crippen LogP contribution >= 0.6 is 0 Å². The van der Waals surface area contributed by atoms with Crippen LogP contribution in [0.4, 0.5) is 0 Å². The van der Waals surface area contributed by atoms with E-state index in [-0.39, 0.29) is 5.56 Å². The number of fused-ring (bicyclic) bond motifs is 3. The first-order valence-corrected chi connectivity index (χ1v) is 6.48. The van der Waals surface area contributed by atoms with E-state index in [1.54, 1.807) is 6.07 Å². The molecular weight excluding hydrogens is 256 g/mol. The maximum Gasteiger partial charge on any atom is 0.291 e. The minimum absolute atomic E-state index is 0.155. The van der Waals surface area contributed by atoms with Gasteiger partial charge in [-0.25, -0.2) is 4.68 Å². The summed E-state index contributed by atoms with van der Waals surface area (Å²) in [5.74, 6) is 1.54. The predicted molar refractivity (Wildman–Crippen MR) is 73.5 cm³/mol. The lowest BCUT2D eigenvalue weighted by atomic mass is 10.3. The smallest absolute Gasteiger partial charge is 0.291 e. The molecule has 0 amide bonds. The van der Waals surface area contributed by atoms with Gasteiger partial charge in [-0.15, -0.1) is 0 Å². The zero-order chi connectivity index (χ0) is 14.3. The van der Waals surface area contributed by atoms with Gasteiger partial charge in [-0.1, -0.05) is 0 Å². The van der Waals surface area contributed by atoms with Crippen molar-refractivity contribution in [1.29, 1.82) is 5.26 Å². The van der Waals surface area contributed by atoms with Crippen LogP contribution in [0.1, 0.15) is 24.4 Å². The molecule has 6 heteroatoms. The Balaban J connectivity index is 2.20. The second-order valence-corrected chi connectivity index (χ2v) is 4.81. The molecule has 20 heavy (non-hydrogen) atoms. The Bertz CT molecular complexity index is 892. The molecule has 0 aliphatic heterocycles. The van der Waals surface area contributed by atoms with Crippen molar-refractivity contribution in [3.8, 4) is 6.07 Å². The zero-order valence-electron chi connectivity index (χ0n) is 11.4. The number of furan rings is 1. The normalized spacial score (nSPS) is 11.2. The van der Waals surface area contributed by atoms with Crippen LogP contribution in [0.25, 0.3) is 16.6 Å². The van der Waals surface area contributed by atoms with Gasteiger partial charge < -0.3 is 4.42 Å². The molecule has 3 aromatic rings. The summed E-state index contributed by atoms with van der Waals surface area (Å²) >= 11 is 0. The number of aryl methyl sites for hydroxylation is 3. The molecule has 0 aromatic carbocycles. The SMILES string of the molecule is Cc1cc2c(cc3c(=O)n(CCCC#N)nc(C)n32)o1. The molecule has 0 aliphatic rings. The van der Waals surface area contributed by atoms with E-state index in [1.807, 2.05) is 24.3 Å². The van der Waals surface area contributed by atoms with Crippen molar-refractivity contribution in [2.75, 3.05) is 0 Å². The van der Waals surface area contributed by atoms with Gasteiger partial charge in [0.1, 0.15) is 17.1 Å². The van der Waals surface area contributed by atoms with Gasteiger partial charge in [-0.3, -0.25) is 9.20 Å². The number of hydrogen-bond acceptors (Lipinski definition) is 4. The summed E-state index contributed by atoms with van der Waals surface area (Å²) < 4.78 is 8.80. The van der Waals surface area contributed by atoms with Crippen molar-refractivity contribution in [2.24, 2.45) is 0 Å². The minimum atomic E-state index is -0.155. The monoisotopic (exact) mass is 270 g/mol. The van der Waals surface area contributed by atoms with Crippen LogP contribution in [0.3, 0.4) is 0 Å². The standard InChI is InChI=1S/C14H14N4O2/c1-9-7-11-13(20-9)8-12-14(19)17(6-4-3-5-15)16-10(2)18(11)12/h7-8H,3-4,6H2,1-2H3. The quantitative estimate of drug-likeness (QED) is 0.683. The summed E-state index contributed by atoms with van der Waals surface area (Å²) in [6.07, 6.45) is 1.04. The van der Waals surface area contributed by atoms with Crippen molar-refractivity contribution < 1.29 is 4.42 Å². The van der Waals surface area contributed by atoms with Crippen LogP contribution in [-0.4, -0.2) is 14.2 Å². The van der Waals surface area contributed by atoms with E-state index in [4.69, 9.17) is 9.68 Å². The van der Waals surface area contributed by atoms with E-state index in [2.05, 4.69) is 11.2 Å². The van der Waals surface area contributed by atoms with E-state index >= 15 is 0 Å². The number of nitrogens with zero attached hydrogens (tertiary/aromatic N) is 4. The third-order valence-electron chi connectivity index (χ3n) is 3.31. The molecule has 0 N–H and O–H groups in total. The topological polar surface area (TPSA) is 76.2 Å². The van der Waals surface area contributed by atoms with Crippen LogP contribution in [0.2, 0.25) is 0 Å². The fourth-order valence-corrected chi connectivity index (χ4v) is 2.48. The van der Waals surface area contributed by atoms with Crippen LogP contribution in [-0.2, 0) is 6.54 Å². The van der Waals surface area contributed by atoms with Crippen molar-refractivity contribution >= 4 is 16.6 Å². The van der Waals surface area contributed by atoms with Gasteiger partial charge in [-0.05, 0) is 20.3 Å². The molecular formula is C14H14N4O2. The second-order valence-electron chi connectivity index (χ2n) is 4.81. The summed E-state index contributed by atoms with van der Waals surface area (Å²) in [4.78, 5) is 12.4. The second kappa shape index (κ2) is 4.53. The number of unbranched alkanes of at least 4 members (excludes halogenated alkanes) is 1. The Kier molecular flexibility index (Phi) is 2.83. The lowest BCUT2D eigenvalue weighted by molar-refractivity contribution is 0.541. The summed E-state index contributed by atoms with van der Waals surface area (Å²) in [7, 11) is 0. The van der Waals surface area contributed by atoms with Gasteiger partial charge in [0.15, 0.2) is 5.58 Å². The molecule has 0 aliphatic carbocycles. The average Bonchev–Trinajstić information content (AvgIpc) is 2.91. The Hall–Kier alpha value is -2.55. The lowest BCUT2D eigenvalue weighted by Crippen LogP contribution is -2.26. The number of hydrogen-bond donors (Lipinski definition) is 0. The molecule has 0 radical (unpaired) electrons. The third kappa shape index (κ3) is 1.79. The highest BCUT2D eigenvalue weighted by atomic mass is 16.3. The van der Waals surface area contributed by atoms with E-state index in [1.165, 1.54) is 4.68 Å². The van der Waals surface area contributed by atoms with E-state index in [9.17, 15) is 4.79 Å². The maximum absolute atomic E-state index is 12.4. The van der Waals surface area contributed by atoms with Gasteiger partial charge in [0, 0.05) is 25.1 Å². The Morgan fingerprint density at radius 3 is 2.90 bits per heavy atom. The first kappa shape index (κ1) is 12.5. The molecule has 0 unspecified atom stereocenters. The molecule has 3 heterocycles. The largest absolute Gasteiger partial charge is 0.460 e. The number of nitriles is 1. The average molecular weight is 270 g/mol. The first-order chi connectivity index (χ1) is 9.61. The van der Waals surface area contributed by atoms with Gasteiger partial charge in [0.05, 0.1) is 11.6 Å². The molecule has 0 saturated heterocycles. The number of aromatic nitrogens is 3. The van der Waals surface area contributed by atoms with Crippen LogP contribution in [0.15, 0.2) is 21.3 Å². The lowest BCUT2D eigenvalue weighted by Gasteiger charge is -2.07. The maximum atomic E-state index is 12.4. The Morgan fingerprint density at radius 1 is 1.35 bits per heavy atom. The van der Waals surface area contributed by atoms with Crippen molar-refractivity contribution in [1.82, 2.24) is 14.2 Å². The highest BCUT2D eigenvalue weighted by Crippen LogP contribution is 2.22. The predicted octanol–water partition coefficient (Wildman–Crippen LogP) is 2.16. The summed E-state index contributed by atoms with van der Waals surface area (Å²) in [5.41, 5.74) is 1.96. The molecule has 0 fully saturated rings. The van der Waals surface area contributed by atoms with Gasteiger partial charge in [-0.2, -0.15) is 10.4 Å². The minimum Gasteiger partial charge on any atom is -0.460 e. The molecule has 102 valence electrons. The Labute approximate surface area is 114 Å². The fraction of sp³-hybridized carbons (Fsp3) is 0.357. The molecule has 3 rings (SSSR count). The molecule has 0 saturated carbocycles. The highest BCUT2D eigenvalue weighted by molar-refractivity contribution is 5.83. The zero-order valence-corrected chi connectivity index (χ0v) is 11.4. The van der Waals surface area contributed by atoms with E-state index in [0.29, 0.717) is 30.5 Å². The molecule has 3 aromatic heterocycles. The van der Waals surface area contributed by atoms with Gasteiger partial charge in [0.25, 0.3) is 5.56 Å². The number of rotatable bonds is 3. The highest BCUT2D eigenvalue weighted by Gasteiger charge is 2.14. The fourth-order valence-electron chi connectivity index (χ4n) is 2.48. The summed E-state index contributed by atoms with van der Waals surface area (Å²) in [5, 5.41) is 12.9. The van der Waals surface area contributed by atoms with Crippen LogP contribution in [0.5, 0.6) is 0 Å². The van der Waals surface area contributed by atoms with E-state index in [0.717, 1.165) is 17.1 Å². The van der Waals surface area contributed by atoms with Crippen LogP contribution < -0.4 is 5.56 Å². The third-order valence-corrected chi connectivity index (χ3v) is 3.31. The molecule has 0 spiro atoms.